The number of ketones is 1. The van der Waals surface area contributed by atoms with Crippen molar-refractivity contribution in [2.24, 2.45) is 5.41 Å². The van der Waals surface area contributed by atoms with Gasteiger partial charge in [0.2, 0.25) is 5.91 Å². The van der Waals surface area contributed by atoms with Crippen molar-refractivity contribution in [1.82, 2.24) is 0 Å². The molecule has 2 rings (SSSR count). The standard InChI is InChI=1S/C32H49N3O4S/c1-6-7-8-9-10-11-12-13-14-15-23-35(5)28-18-16-17-27(24-28)34-40(38,39)29-21-19-26(20-22-29)33-31(37)25-30(36)32(2,3)4/h16-22,24,34H,6-15,23,25H2,1-5H3,(H,33,37). The summed E-state index contributed by atoms with van der Waals surface area (Å²) in [7, 11) is -1.78. The molecule has 8 heteroatoms. The van der Waals surface area contributed by atoms with Crippen molar-refractivity contribution in [2.45, 2.75) is 103 Å². The Bertz CT molecular complexity index is 1170. The van der Waals surface area contributed by atoms with Crippen LogP contribution in [-0.4, -0.2) is 33.7 Å². The second kappa shape index (κ2) is 16.4. The molecule has 222 valence electrons. The summed E-state index contributed by atoms with van der Waals surface area (Å²) in [5.41, 5.74) is 1.28. The summed E-state index contributed by atoms with van der Waals surface area (Å²) >= 11 is 0. The molecule has 0 atom stereocenters. The summed E-state index contributed by atoms with van der Waals surface area (Å²) in [6.07, 6.45) is 12.7. The van der Waals surface area contributed by atoms with Gasteiger partial charge in [-0.2, -0.15) is 0 Å². The maximum absolute atomic E-state index is 13.0. The predicted molar refractivity (Wildman–Crippen MR) is 167 cm³/mol. The number of anilines is 3. The summed E-state index contributed by atoms with van der Waals surface area (Å²) in [6, 6.07) is 13.3. The van der Waals surface area contributed by atoms with Crippen molar-refractivity contribution in [3.05, 3.63) is 48.5 Å². The first-order valence-corrected chi connectivity index (χ1v) is 16.2. The minimum absolute atomic E-state index is 0.0837. The van der Waals surface area contributed by atoms with E-state index in [0.29, 0.717) is 11.4 Å². The van der Waals surface area contributed by atoms with Gasteiger partial charge in [-0.1, -0.05) is 91.5 Å². The average Bonchev–Trinajstić information content (AvgIpc) is 2.89. The third-order valence-electron chi connectivity index (χ3n) is 6.99. The first-order chi connectivity index (χ1) is 18.9. The second-order valence-electron chi connectivity index (χ2n) is 11.7. The van der Waals surface area contributed by atoms with Crippen LogP contribution in [0, 0.1) is 5.41 Å². The van der Waals surface area contributed by atoms with Crippen LogP contribution in [0.3, 0.4) is 0 Å². The molecule has 0 aliphatic rings. The van der Waals surface area contributed by atoms with Crippen molar-refractivity contribution in [1.29, 1.82) is 0 Å². The second-order valence-corrected chi connectivity index (χ2v) is 13.4. The molecule has 0 spiro atoms. The van der Waals surface area contributed by atoms with E-state index >= 15 is 0 Å². The number of nitrogens with zero attached hydrogens (tertiary/aromatic N) is 1. The molecule has 40 heavy (non-hydrogen) atoms. The fraction of sp³-hybridized carbons (Fsp3) is 0.562. The topological polar surface area (TPSA) is 95.6 Å². The van der Waals surface area contributed by atoms with E-state index in [2.05, 4.69) is 21.9 Å². The van der Waals surface area contributed by atoms with E-state index in [1.807, 2.05) is 25.2 Å². The molecule has 0 unspecified atom stereocenters. The number of hydrogen-bond acceptors (Lipinski definition) is 5. The van der Waals surface area contributed by atoms with Crippen LogP contribution in [-0.2, 0) is 19.6 Å². The van der Waals surface area contributed by atoms with Gasteiger partial charge >= 0.3 is 0 Å². The average molecular weight is 572 g/mol. The van der Waals surface area contributed by atoms with Crippen LogP contribution in [0.5, 0.6) is 0 Å². The summed E-state index contributed by atoms with van der Waals surface area (Å²) in [6.45, 7) is 8.46. The van der Waals surface area contributed by atoms with Crippen molar-refractivity contribution in [3.8, 4) is 0 Å². The van der Waals surface area contributed by atoms with Crippen LogP contribution in [0.1, 0.15) is 98.3 Å². The van der Waals surface area contributed by atoms with E-state index in [1.165, 1.54) is 82.1 Å². The number of nitrogens with one attached hydrogen (secondary N) is 2. The number of hydrogen-bond donors (Lipinski definition) is 2. The molecule has 0 saturated heterocycles. The van der Waals surface area contributed by atoms with Crippen LogP contribution in [0.15, 0.2) is 53.4 Å². The number of amides is 1. The quantitative estimate of drug-likeness (QED) is 0.141. The SMILES string of the molecule is CCCCCCCCCCCCN(C)c1cccc(NS(=O)(=O)c2ccc(NC(=O)CC(=O)C(C)(C)C)cc2)c1. The molecule has 0 aliphatic heterocycles. The van der Waals surface area contributed by atoms with E-state index in [9.17, 15) is 18.0 Å². The van der Waals surface area contributed by atoms with Crippen LogP contribution < -0.4 is 14.9 Å². The van der Waals surface area contributed by atoms with Gasteiger partial charge in [-0.05, 0) is 48.9 Å². The number of carbonyl (C=O) groups excluding carboxylic acids is 2. The lowest BCUT2D eigenvalue weighted by atomic mass is 9.89. The molecule has 2 aromatic rings. The number of benzene rings is 2. The molecule has 1 amide bonds. The Morgan fingerprint density at radius 2 is 1.38 bits per heavy atom. The largest absolute Gasteiger partial charge is 0.375 e. The van der Waals surface area contributed by atoms with Crippen molar-refractivity contribution in [2.75, 3.05) is 28.5 Å². The van der Waals surface area contributed by atoms with Gasteiger partial charge in [-0.3, -0.25) is 14.3 Å². The maximum Gasteiger partial charge on any atom is 0.261 e. The van der Waals surface area contributed by atoms with E-state index < -0.39 is 21.3 Å². The van der Waals surface area contributed by atoms with Gasteiger partial charge < -0.3 is 10.2 Å². The first kappa shape index (κ1) is 33.3. The summed E-state index contributed by atoms with van der Waals surface area (Å²) in [5, 5.41) is 2.65. The van der Waals surface area contributed by atoms with Gasteiger partial charge in [-0.25, -0.2) is 8.42 Å². The van der Waals surface area contributed by atoms with Crippen LogP contribution in [0.25, 0.3) is 0 Å². The fourth-order valence-corrected chi connectivity index (χ4v) is 5.37. The highest BCUT2D eigenvalue weighted by molar-refractivity contribution is 7.92. The van der Waals surface area contributed by atoms with Gasteiger partial charge in [-0.15, -0.1) is 0 Å². The monoisotopic (exact) mass is 571 g/mol. The smallest absolute Gasteiger partial charge is 0.261 e. The fourth-order valence-electron chi connectivity index (χ4n) is 4.32. The van der Waals surface area contributed by atoms with Gasteiger partial charge in [0.15, 0.2) is 0 Å². The Morgan fingerprint density at radius 1 is 0.800 bits per heavy atom. The number of rotatable bonds is 18. The molecule has 0 radical (unpaired) electrons. The minimum Gasteiger partial charge on any atom is -0.375 e. The van der Waals surface area contributed by atoms with Crippen molar-refractivity contribution < 1.29 is 18.0 Å². The number of unbranched alkanes of at least 4 members (excludes halogenated alkanes) is 9. The van der Waals surface area contributed by atoms with Gasteiger partial charge in [0, 0.05) is 30.4 Å². The van der Waals surface area contributed by atoms with Crippen LogP contribution in [0.2, 0.25) is 0 Å². The zero-order valence-corrected chi connectivity index (χ0v) is 25.9. The van der Waals surface area contributed by atoms with Crippen LogP contribution >= 0.6 is 0 Å². The normalized spacial score (nSPS) is 11.7. The Hall–Kier alpha value is -2.87. The summed E-state index contributed by atoms with van der Waals surface area (Å²) < 4.78 is 28.6. The van der Waals surface area contributed by atoms with E-state index in [4.69, 9.17) is 0 Å². The van der Waals surface area contributed by atoms with E-state index in [-0.39, 0.29) is 17.1 Å². The highest BCUT2D eigenvalue weighted by atomic mass is 32.2. The molecule has 2 N–H and O–H groups in total. The first-order valence-electron chi connectivity index (χ1n) is 14.7. The predicted octanol–water partition coefficient (Wildman–Crippen LogP) is 7.79. The zero-order valence-electron chi connectivity index (χ0n) is 25.1. The highest BCUT2D eigenvalue weighted by Crippen LogP contribution is 2.23. The Kier molecular flexibility index (Phi) is 13.7. The molecule has 7 nitrogen and oxygen atoms in total. The Morgan fingerprint density at radius 3 is 1.95 bits per heavy atom. The lowest BCUT2D eigenvalue weighted by Gasteiger charge is -2.20. The molecule has 0 aliphatic carbocycles. The molecule has 0 heterocycles. The molecular formula is C32H49N3O4S. The number of sulfonamides is 1. The lowest BCUT2D eigenvalue weighted by molar-refractivity contribution is -0.130. The summed E-state index contributed by atoms with van der Waals surface area (Å²) in [4.78, 5) is 26.5. The van der Waals surface area contributed by atoms with E-state index in [1.54, 1.807) is 26.8 Å². The van der Waals surface area contributed by atoms with Crippen LogP contribution in [0.4, 0.5) is 17.1 Å². The van der Waals surface area contributed by atoms with Crippen molar-refractivity contribution in [3.63, 3.8) is 0 Å². The Labute approximate surface area is 242 Å². The third kappa shape index (κ3) is 12.1. The van der Waals surface area contributed by atoms with E-state index in [0.717, 1.165) is 18.7 Å². The maximum atomic E-state index is 13.0. The lowest BCUT2D eigenvalue weighted by Crippen LogP contribution is -2.26. The zero-order chi connectivity index (χ0) is 29.6. The highest BCUT2D eigenvalue weighted by Gasteiger charge is 2.23. The van der Waals surface area contributed by atoms with Gasteiger partial charge in [0.1, 0.15) is 5.78 Å². The molecular weight excluding hydrogens is 522 g/mol. The number of Topliss-reactive ketones (excluding diaryl/α,β-unsaturated/α-hetero) is 1. The Balaban J connectivity index is 1.83. The minimum atomic E-state index is -3.81. The molecule has 2 aromatic carbocycles. The van der Waals surface area contributed by atoms with Gasteiger partial charge in [0.05, 0.1) is 17.0 Å². The molecule has 0 aromatic heterocycles. The number of carbonyl (C=O) groups is 2. The molecule has 0 fully saturated rings. The molecule has 0 saturated carbocycles. The van der Waals surface area contributed by atoms with Crippen molar-refractivity contribution >= 4 is 38.8 Å². The summed E-state index contributed by atoms with van der Waals surface area (Å²) in [5.74, 6) is -0.586. The van der Waals surface area contributed by atoms with Gasteiger partial charge in [0.25, 0.3) is 10.0 Å². The third-order valence-corrected chi connectivity index (χ3v) is 8.39. The molecule has 0 bridgehead atoms.